The molecule has 0 saturated carbocycles. The number of hydrogen-bond acceptors (Lipinski definition) is 5. The van der Waals surface area contributed by atoms with Crippen LogP contribution >= 0.6 is 15.9 Å². The number of halogens is 1. The van der Waals surface area contributed by atoms with Gasteiger partial charge >= 0.3 is 6.09 Å². The predicted molar refractivity (Wildman–Crippen MR) is 117 cm³/mol. The highest BCUT2D eigenvalue weighted by Gasteiger charge is 2.35. The summed E-state index contributed by atoms with van der Waals surface area (Å²) >= 11 is 3.39. The van der Waals surface area contributed by atoms with Crippen LogP contribution in [-0.2, 0) is 9.53 Å². The molecule has 2 aromatic carbocycles. The van der Waals surface area contributed by atoms with E-state index < -0.39 is 23.5 Å². The van der Waals surface area contributed by atoms with Gasteiger partial charge in [0.15, 0.2) is 0 Å². The van der Waals surface area contributed by atoms with Gasteiger partial charge in [-0.25, -0.2) is 10.3 Å². The van der Waals surface area contributed by atoms with Crippen molar-refractivity contribution in [2.75, 3.05) is 5.32 Å². The lowest BCUT2D eigenvalue weighted by Gasteiger charge is -2.34. The van der Waals surface area contributed by atoms with Gasteiger partial charge in [-0.15, -0.1) is 0 Å². The molecular formula is C22H25BrN2O5. The summed E-state index contributed by atoms with van der Waals surface area (Å²) in [6, 6.07) is 13.9. The number of hydroxylamine groups is 1. The minimum atomic E-state index is -0.765. The first kappa shape index (κ1) is 23.4. The van der Waals surface area contributed by atoms with E-state index in [-0.39, 0.29) is 5.75 Å². The quantitative estimate of drug-likeness (QED) is 0.234. The highest BCUT2D eigenvalue weighted by atomic mass is 79.9. The summed E-state index contributed by atoms with van der Waals surface area (Å²) in [5.74, 6) is -0.605. The van der Waals surface area contributed by atoms with Gasteiger partial charge in [0, 0.05) is 27.2 Å². The number of rotatable bonds is 8. The topological polar surface area (TPSA) is 108 Å². The standard InChI is InChI=1S/C22H25BrN2O5/c1-22(2,13-7-6-10-19(27)25-29)20(17-14-15(23)11-12-18(17)26)30-21(28)24-16-8-4-3-5-9-16/h3-6,8-12,14,20,26,29H,7,13H2,1-2H3,(H,24,28)(H,25,27)/b10-6+/t20-/m1/s1. The van der Waals surface area contributed by atoms with Gasteiger partial charge in [0.2, 0.25) is 0 Å². The summed E-state index contributed by atoms with van der Waals surface area (Å²) in [4.78, 5) is 23.7. The largest absolute Gasteiger partial charge is 0.508 e. The van der Waals surface area contributed by atoms with Gasteiger partial charge in [-0.1, -0.05) is 54.1 Å². The van der Waals surface area contributed by atoms with E-state index in [4.69, 9.17) is 9.94 Å². The van der Waals surface area contributed by atoms with Crippen LogP contribution in [0.5, 0.6) is 5.75 Å². The lowest BCUT2D eigenvalue weighted by atomic mass is 9.78. The van der Waals surface area contributed by atoms with Crippen molar-refractivity contribution in [3.05, 3.63) is 70.7 Å². The van der Waals surface area contributed by atoms with Crippen molar-refractivity contribution in [1.82, 2.24) is 5.48 Å². The number of phenolic OH excluding ortho intramolecular Hbond substituents is 1. The molecule has 0 aromatic heterocycles. The first-order chi connectivity index (χ1) is 14.2. The molecule has 2 amide bonds. The number of phenols is 1. The fourth-order valence-electron chi connectivity index (χ4n) is 2.97. The van der Waals surface area contributed by atoms with E-state index in [1.807, 2.05) is 19.9 Å². The first-order valence-electron chi connectivity index (χ1n) is 9.34. The van der Waals surface area contributed by atoms with E-state index >= 15 is 0 Å². The summed E-state index contributed by atoms with van der Waals surface area (Å²) in [6.45, 7) is 3.82. The summed E-state index contributed by atoms with van der Waals surface area (Å²) < 4.78 is 6.50. The molecule has 0 saturated heterocycles. The zero-order chi connectivity index (χ0) is 22.1. The summed E-state index contributed by atoms with van der Waals surface area (Å²) in [5.41, 5.74) is 2.00. The SMILES string of the molecule is CC(C)(CC/C=C/C(=O)NO)[C@H](OC(=O)Nc1ccccc1)c1cc(Br)ccc1O. The van der Waals surface area contributed by atoms with Gasteiger partial charge in [0.25, 0.3) is 5.91 Å². The van der Waals surface area contributed by atoms with Crippen LogP contribution in [-0.4, -0.2) is 22.3 Å². The Morgan fingerprint density at radius 1 is 1.20 bits per heavy atom. The van der Waals surface area contributed by atoms with Crippen molar-refractivity contribution in [3.8, 4) is 5.75 Å². The molecule has 0 spiro atoms. The van der Waals surface area contributed by atoms with E-state index in [9.17, 15) is 14.7 Å². The molecule has 8 heteroatoms. The lowest BCUT2D eigenvalue weighted by molar-refractivity contribution is -0.124. The third kappa shape index (κ3) is 6.89. The number of para-hydroxylation sites is 1. The molecule has 0 fully saturated rings. The Balaban J connectivity index is 2.23. The van der Waals surface area contributed by atoms with E-state index in [2.05, 4.69) is 21.2 Å². The highest BCUT2D eigenvalue weighted by Crippen LogP contribution is 2.44. The Morgan fingerprint density at radius 2 is 1.90 bits per heavy atom. The average molecular weight is 477 g/mol. The van der Waals surface area contributed by atoms with E-state index in [0.717, 1.165) is 4.47 Å². The van der Waals surface area contributed by atoms with Crippen LogP contribution in [0.25, 0.3) is 0 Å². The zero-order valence-electron chi connectivity index (χ0n) is 16.8. The van der Waals surface area contributed by atoms with Crippen molar-refractivity contribution in [1.29, 1.82) is 0 Å². The number of amides is 2. The third-order valence-electron chi connectivity index (χ3n) is 4.56. The molecule has 160 valence electrons. The number of benzene rings is 2. The molecule has 0 aliphatic heterocycles. The second-order valence-corrected chi connectivity index (χ2v) is 8.30. The molecule has 0 unspecified atom stereocenters. The Labute approximate surface area is 183 Å². The van der Waals surface area contributed by atoms with E-state index in [0.29, 0.717) is 24.1 Å². The normalized spacial score (nSPS) is 12.4. The summed E-state index contributed by atoms with van der Waals surface area (Å²) in [5, 5.41) is 21.7. The maximum absolute atomic E-state index is 12.6. The van der Waals surface area contributed by atoms with Crippen LogP contribution < -0.4 is 10.8 Å². The second kappa shape index (κ2) is 10.8. The van der Waals surface area contributed by atoms with Crippen LogP contribution in [0.1, 0.15) is 38.4 Å². The molecule has 0 aliphatic rings. The minimum absolute atomic E-state index is 0.0130. The smallest absolute Gasteiger partial charge is 0.412 e. The number of aromatic hydroxyl groups is 1. The molecule has 0 heterocycles. The number of ether oxygens (including phenoxy) is 1. The van der Waals surface area contributed by atoms with E-state index in [1.54, 1.807) is 42.5 Å². The molecule has 0 radical (unpaired) electrons. The van der Waals surface area contributed by atoms with Crippen LogP contribution in [0, 0.1) is 5.41 Å². The van der Waals surface area contributed by atoms with Crippen LogP contribution in [0.2, 0.25) is 0 Å². The van der Waals surface area contributed by atoms with Gasteiger partial charge < -0.3 is 9.84 Å². The predicted octanol–water partition coefficient (Wildman–Crippen LogP) is 5.31. The lowest BCUT2D eigenvalue weighted by Crippen LogP contribution is -2.29. The number of carbonyl (C=O) groups excluding carboxylic acids is 2. The molecule has 4 N–H and O–H groups in total. The van der Waals surface area contributed by atoms with Crippen LogP contribution in [0.4, 0.5) is 10.5 Å². The molecule has 2 aromatic rings. The van der Waals surface area contributed by atoms with Gasteiger partial charge in [-0.2, -0.15) is 0 Å². The molecule has 1 atom stereocenters. The van der Waals surface area contributed by atoms with Crippen LogP contribution in [0.15, 0.2) is 65.2 Å². The maximum Gasteiger partial charge on any atom is 0.412 e. The van der Waals surface area contributed by atoms with Gasteiger partial charge in [0.1, 0.15) is 11.9 Å². The first-order valence-corrected chi connectivity index (χ1v) is 10.1. The molecule has 0 bridgehead atoms. The molecule has 2 rings (SSSR count). The van der Waals surface area contributed by atoms with Crippen molar-refractivity contribution in [2.45, 2.75) is 32.8 Å². The fourth-order valence-corrected chi connectivity index (χ4v) is 3.35. The molecular weight excluding hydrogens is 452 g/mol. The monoisotopic (exact) mass is 476 g/mol. The van der Waals surface area contributed by atoms with Crippen molar-refractivity contribution in [3.63, 3.8) is 0 Å². The maximum atomic E-state index is 12.6. The average Bonchev–Trinajstić information content (AvgIpc) is 2.72. The summed E-state index contributed by atoms with van der Waals surface area (Å²) in [6.07, 6.45) is 2.47. The Hall–Kier alpha value is -2.84. The molecule has 0 aliphatic carbocycles. The van der Waals surface area contributed by atoms with Crippen LogP contribution in [0.3, 0.4) is 0 Å². The Bertz CT molecular complexity index is 900. The Kier molecular flexibility index (Phi) is 8.44. The fraction of sp³-hybridized carbons (Fsp3) is 0.273. The highest BCUT2D eigenvalue weighted by molar-refractivity contribution is 9.10. The molecule has 30 heavy (non-hydrogen) atoms. The molecule has 7 nitrogen and oxygen atoms in total. The van der Waals surface area contributed by atoms with Crippen molar-refractivity contribution in [2.24, 2.45) is 5.41 Å². The van der Waals surface area contributed by atoms with Crippen molar-refractivity contribution >= 4 is 33.6 Å². The number of carbonyl (C=O) groups is 2. The number of nitrogens with one attached hydrogen (secondary N) is 2. The third-order valence-corrected chi connectivity index (χ3v) is 5.05. The number of allylic oxidation sites excluding steroid dienone is 1. The van der Waals surface area contributed by atoms with Gasteiger partial charge in [-0.05, 0) is 43.2 Å². The summed E-state index contributed by atoms with van der Waals surface area (Å²) in [7, 11) is 0. The van der Waals surface area contributed by atoms with Gasteiger partial charge in [-0.3, -0.25) is 15.3 Å². The van der Waals surface area contributed by atoms with E-state index in [1.165, 1.54) is 17.6 Å². The second-order valence-electron chi connectivity index (χ2n) is 7.39. The Morgan fingerprint density at radius 3 is 2.57 bits per heavy atom. The van der Waals surface area contributed by atoms with Crippen molar-refractivity contribution < 1.29 is 24.6 Å². The van der Waals surface area contributed by atoms with Gasteiger partial charge in [0.05, 0.1) is 0 Å². The zero-order valence-corrected chi connectivity index (χ0v) is 18.3. The minimum Gasteiger partial charge on any atom is -0.508 e. The number of anilines is 1. The number of hydrogen-bond donors (Lipinski definition) is 4.